The minimum Gasteiger partial charge on any atom is -0.326 e. The first-order valence-electron chi connectivity index (χ1n) is 6.32. The van der Waals surface area contributed by atoms with E-state index < -0.39 is 0 Å². The molecule has 0 bridgehead atoms. The van der Waals surface area contributed by atoms with Crippen molar-refractivity contribution in [2.45, 2.75) is 32.0 Å². The van der Waals surface area contributed by atoms with Crippen molar-refractivity contribution in [3.63, 3.8) is 0 Å². The van der Waals surface area contributed by atoms with Crippen LogP contribution in [-0.2, 0) is 6.54 Å². The van der Waals surface area contributed by atoms with E-state index in [4.69, 9.17) is 5.73 Å². The molecule has 0 aliphatic rings. The zero-order valence-electron chi connectivity index (χ0n) is 11.2. The van der Waals surface area contributed by atoms with E-state index >= 15 is 0 Å². The molecule has 2 nitrogen and oxygen atoms in total. The van der Waals surface area contributed by atoms with E-state index in [9.17, 15) is 0 Å². The van der Waals surface area contributed by atoms with Gasteiger partial charge >= 0.3 is 0 Å². The van der Waals surface area contributed by atoms with Crippen LogP contribution in [-0.4, -0.2) is 18.0 Å². The van der Waals surface area contributed by atoms with Gasteiger partial charge in [0.05, 0.1) is 6.04 Å². The van der Waals surface area contributed by atoms with Crippen molar-refractivity contribution < 1.29 is 0 Å². The number of nitrogens with two attached hydrogens (primary N) is 1. The van der Waals surface area contributed by atoms with Crippen LogP contribution in [0.2, 0.25) is 0 Å². The Bertz CT molecular complexity index is 495. The third kappa shape index (κ3) is 3.89. The molecule has 0 saturated carbocycles. The number of hydrogen-bond donors (Lipinski definition) is 1. The van der Waals surface area contributed by atoms with E-state index in [1.54, 1.807) is 22.7 Å². The number of likely N-dealkylation sites (N-methyl/N-ethyl adjacent to an activating group) is 1. The monoisotopic (exact) mass is 358 g/mol. The molecule has 2 rings (SSSR count). The smallest absolute Gasteiger partial charge is 0.0508 e. The second kappa shape index (κ2) is 6.99. The van der Waals surface area contributed by atoms with Crippen LogP contribution in [0.5, 0.6) is 0 Å². The Morgan fingerprint density at radius 2 is 2.21 bits per heavy atom. The number of nitrogens with zero attached hydrogens (tertiary/aromatic N) is 1. The summed E-state index contributed by atoms with van der Waals surface area (Å²) in [7, 11) is 2.16. The van der Waals surface area contributed by atoms with Gasteiger partial charge in [0.1, 0.15) is 0 Å². The van der Waals surface area contributed by atoms with Gasteiger partial charge in [0.2, 0.25) is 0 Å². The molecule has 2 heterocycles. The molecule has 0 radical (unpaired) electrons. The van der Waals surface area contributed by atoms with E-state index in [1.807, 2.05) is 0 Å². The third-order valence-electron chi connectivity index (χ3n) is 3.26. The predicted octanol–water partition coefficient (Wildman–Crippen LogP) is 4.48. The highest BCUT2D eigenvalue weighted by molar-refractivity contribution is 9.10. The summed E-state index contributed by atoms with van der Waals surface area (Å²) in [5, 5.41) is 6.46. The van der Waals surface area contributed by atoms with Crippen LogP contribution in [0, 0.1) is 0 Å². The summed E-state index contributed by atoms with van der Waals surface area (Å²) in [6.45, 7) is 3.09. The van der Waals surface area contributed by atoms with E-state index in [0.717, 1.165) is 17.4 Å². The van der Waals surface area contributed by atoms with E-state index in [1.165, 1.54) is 10.4 Å². The molecule has 2 N–H and O–H groups in total. The van der Waals surface area contributed by atoms with E-state index in [-0.39, 0.29) is 12.1 Å². The SMILES string of the molecule is CCC(N)C(c1ccsc1)N(C)Cc1cc(Br)cs1. The lowest BCUT2D eigenvalue weighted by molar-refractivity contribution is 0.204. The summed E-state index contributed by atoms with van der Waals surface area (Å²) >= 11 is 7.03. The summed E-state index contributed by atoms with van der Waals surface area (Å²) in [6, 6.07) is 4.83. The summed E-state index contributed by atoms with van der Waals surface area (Å²) in [5.41, 5.74) is 7.66. The molecule has 0 saturated heterocycles. The van der Waals surface area contributed by atoms with Crippen LogP contribution >= 0.6 is 38.6 Å². The van der Waals surface area contributed by atoms with Gasteiger partial charge in [-0.1, -0.05) is 6.92 Å². The van der Waals surface area contributed by atoms with Crippen LogP contribution < -0.4 is 5.73 Å². The predicted molar refractivity (Wildman–Crippen MR) is 88.8 cm³/mol. The maximum Gasteiger partial charge on any atom is 0.0508 e. The highest BCUT2D eigenvalue weighted by Gasteiger charge is 2.23. The molecule has 2 atom stereocenters. The molecule has 19 heavy (non-hydrogen) atoms. The second-order valence-electron chi connectivity index (χ2n) is 4.72. The minimum absolute atomic E-state index is 0.169. The zero-order valence-corrected chi connectivity index (χ0v) is 14.4. The van der Waals surface area contributed by atoms with Crippen LogP contribution in [0.4, 0.5) is 0 Å². The Balaban J connectivity index is 2.14. The van der Waals surface area contributed by atoms with Gasteiger partial charge in [-0.25, -0.2) is 0 Å². The normalized spacial score (nSPS) is 14.8. The first kappa shape index (κ1) is 15.2. The second-order valence-corrected chi connectivity index (χ2v) is 7.41. The van der Waals surface area contributed by atoms with Gasteiger partial charge in [0.15, 0.2) is 0 Å². The summed E-state index contributed by atoms with van der Waals surface area (Å²) in [6.07, 6.45) is 0.985. The van der Waals surface area contributed by atoms with Crippen molar-refractivity contribution in [1.82, 2.24) is 4.90 Å². The lowest BCUT2D eigenvalue weighted by Gasteiger charge is -2.31. The maximum atomic E-state index is 6.33. The molecule has 2 aromatic rings. The molecule has 104 valence electrons. The number of hydrogen-bond acceptors (Lipinski definition) is 4. The molecule has 0 spiro atoms. The van der Waals surface area contributed by atoms with Crippen LogP contribution in [0.25, 0.3) is 0 Å². The van der Waals surface area contributed by atoms with Gasteiger partial charge in [-0.3, -0.25) is 4.90 Å². The first-order valence-corrected chi connectivity index (χ1v) is 8.94. The Morgan fingerprint density at radius 3 is 2.74 bits per heavy atom. The third-order valence-corrected chi connectivity index (χ3v) is 5.65. The number of rotatable bonds is 6. The zero-order chi connectivity index (χ0) is 13.8. The average molecular weight is 359 g/mol. The van der Waals surface area contributed by atoms with Crippen molar-refractivity contribution in [2.75, 3.05) is 7.05 Å². The lowest BCUT2D eigenvalue weighted by atomic mass is 9.99. The van der Waals surface area contributed by atoms with Crippen LogP contribution in [0.1, 0.15) is 29.8 Å². The largest absolute Gasteiger partial charge is 0.326 e. The first-order chi connectivity index (χ1) is 9.11. The van der Waals surface area contributed by atoms with Gasteiger partial charge in [-0.15, -0.1) is 11.3 Å². The fraction of sp³-hybridized carbons (Fsp3) is 0.429. The minimum atomic E-state index is 0.169. The van der Waals surface area contributed by atoms with E-state index in [2.05, 4.69) is 63.1 Å². The molecule has 0 aliphatic heterocycles. The highest BCUT2D eigenvalue weighted by Crippen LogP contribution is 2.29. The molecular weight excluding hydrogens is 340 g/mol. The van der Waals surface area contributed by atoms with Gasteiger partial charge < -0.3 is 5.73 Å². The number of thiophene rings is 2. The highest BCUT2D eigenvalue weighted by atomic mass is 79.9. The Labute approximate surface area is 131 Å². The van der Waals surface area contributed by atoms with Crippen LogP contribution in [0.15, 0.2) is 32.7 Å². The molecule has 0 aromatic carbocycles. The molecule has 0 aliphatic carbocycles. The molecule has 5 heteroatoms. The summed E-state index contributed by atoms with van der Waals surface area (Å²) < 4.78 is 1.16. The Hall–Kier alpha value is -0.200. The van der Waals surface area contributed by atoms with Gasteiger partial charge in [-0.05, 0) is 57.9 Å². The molecule has 2 unspecified atom stereocenters. The molecule has 2 aromatic heterocycles. The standard InChI is InChI=1S/C14H19BrN2S2/c1-3-13(16)14(10-4-5-18-8-10)17(2)7-12-6-11(15)9-19-12/h4-6,8-9,13-14H,3,7,16H2,1-2H3. The molecule has 0 amide bonds. The molecule has 0 fully saturated rings. The van der Waals surface area contributed by atoms with Crippen molar-refractivity contribution >= 4 is 38.6 Å². The van der Waals surface area contributed by atoms with Gasteiger partial charge in [0, 0.05) is 27.3 Å². The fourth-order valence-corrected chi connectivity index (χ4v) is 4.48. The van der Waals surface area contributed by atoms with Crippen LogP contribution in [0.3, 0.4) is 0 Å². The van der Waals surface area contributed by atoms with Gasteiger partial charge in [0.25, 0.3) is 0 Å². The maximum absolute atomic E-state index is 6.33. The summed E-state index contributed by atoms with van der Waals surface area (Å²) in [5.74, 6) is 0. The van der Waals surface area contributed by atoms with Crippen molar-refractivity contribution in [2.24, 2.45) is 5.73 Å². The average Bonchev–Trinajstić information content (AvgIpc) is 3.01. The summed E-state index contributed by atoms with van der Waals surface area (Å²) in [4.78, 5) is 3.71. The quantitative estimate of drug-likeness (QED) is 0.824. The van der Waals surface area contributed by atoms with Crippen molar-refractivity contribution in [3.05, 3.63) is 43.2 Å². The topological polar surface area (TPSA) is 29.3 Å². The van der Waals surface area contributed by atoms with Crippen molar-refractivity contribution in [1.29, 1.82) is 0 Å². The Morgan fingerprint density at radius 1 is 1.42 bits per heavy atom. The molecular formula is C14H19BrN2S2. The van der Waals surface area contributed by atoms with Crippen molar-refractivity contribution in [3.8, 4) is 0 Å². The van der Waals surface area contributed by atoms with Gasteiger partial charge in [-0.2, -0.15) is 11.3 Å². The fourth-order valence-electron chi connectivity index (χ4n) is 2.28. The lowest BCUT2D eigenvalue weighted by Crippen LogP contribution is -2.38. The Kier molecular flexibility index (Phi) is 5.59. The van der Waals surface area contributed by atoms with E-state index in [0.29, 0.717) is 0 Å². The number of halogens is 1.